The maximum atomic E-state index is 12.9. The molecule has 0 unspecified atom stereocenters. The number of nitrogens with one attached hydrogen (secondary N) is 1. The summed E-state index contributed by atoms with van der Waals surface area (Å²) in [5.74, 6) is 1.19. The van der Waals surface area contributed by atoms with E-state index in [2.05, 4.69) is 5.32 Å². The van der Waals surface area contributed by atoms with Crippen molar-refractivity contribution < 1.29 is 19.1 Å². The molecule has 32 heavy (non-hydrogen) atoms. The van der Waals surface area contributed by atoms with Crippen LogP contribution in [0.5, 0.6) is 11.5 Å². The first-order chi connectivity index (χ1) is 15.5. The highest BCUT2D eigenvalue weighted by molar-refractivity contribution is 5.92. The molecule has 0 saturated carbocycles. The summed E-state index contributed by atoms with van der Waals surface area (Å²) in [4.78, 5) is 27.2. The van der Waals surface area contributed by atoms with E-state index in [-0.39, 0.29) is 18.2 Å². The number of carbonyl (C=O) groups is 2. The molecule has 1 N–H and O–H groups in total. The first-order valence-electron chi connectivity index (χ1n) is 10.6. The molecule has 1 aliphatic heterocycles. The van der Waals surface area contributed by atoms with Gasteiger partial charge in [0.1, 0.15) is 11.5 Å². The van der Waals surface area contributed by atoms with E-state index >= 15 is 0 Å². The highest BCUT2D eigenvalue weighted by Crippen LogP contribution is 2.29. The Kier molecular flexibility index (Phi) is 6.40. The zero-order valence-corrected chi connectivity index (χ0v) is 18.2. The number of hydrogen-bond donors (Lipinski definition) is 1. The van der Waals surface area contributed by atoms with Crippen LogP contribution in [0.25, 0.3) is 0 Å². The summed E-state index contributed by atoms with van der Waals surface area (Å²) in [6.45, 7) is 2.67. The minimum Gasteiger partial charge on any atom is -0.497 e. The zero-order valence-electron chi connectivity index (χ0n) is 18.2. The van der Waals surface area contributed by atoms with Gasteiger partial charge in [0.15, 0.2) is 6.10 Å². The van der Waals surface area contributed by atoms with Crippen LogP contribution in [0.3, 0.4) is 0 Å². The Morgan fingerprint density at radius 3 is 2.62 bits per heavy atom. The largest absolute Gasteiger partial charge is 0.497 e. The van der Waals surface area contributed by atoms with Gasteiger partial charge in [-0.2, -0.15) is 0 Å². The lowest BCUT2D eigenvalue weighted by atomic mass is 10.1. The number of nitrogens with zero attached hydrogens (tertiary/aromatic N) is 1. The number of amides is 2. The quantitative estimate of drug-likeness (QED) is 0.637. The van der Waals surface area contributed by atoms with Crippen molar-refractivity contribution in [1.29, 1.82) is 0 Å². The molecular weight excluding hydrogens is 404 g/mol. The van der Waals surface area contributed by atoms with Gasteiger partial charge < -0.3 is 19.7 Å². The minimum absolute atomic E-state index is 0.0614. The van der Waals surface area contributed by atoms with Crippen molar-refractivity contribution in [3.63, 3.8) is 0 Å². The Morgan fingerprint density at radius 1 is 1.06 bits per heavy atom. The summed E-state index contributed by atoms with van der Waals surface area (Å²) in [5.41, 5.74) is 3.45. The Balaban J connectivity index is 1.49. The normalized spacial score (nSPS) is 15.4. The Morgan fingerprint density at radius 2 is 1.84 bits per heavy atom. The van der Waals surface area contributed by atoms with Gasteiger partial charge in [-0.1, -0.05) is 42.5 Å². The molecule has 4 rings (SSSR count). The molecule has 6 heteroatoms. The maximum Gasteiger partial charge on any atom is 0.263 e. The summed E-state index contributed by atoms with van der Waals surface area (Å²) in [7, 11) is 1.60. The third-order valence-electron chi connectivity index (χ3n) is 5.38. The van der Waals surface area contributed by atoms with Crippen LogP contribution < -0.4 is 14.8 Å². The standard InChI is InChI=1S/C26H26N2O4/c1-18-26(30)28(16-19-7-4-3-5-8-19)17-21-15-22(11-12-24(21)32-18)27-25(29)14-20-9-6-10-23(13-20)31-2/h3-13,15,18H,14,16-17H2,1-2H3,(H,27,29)/t18-/m1/s1. The average molecular weight is 431 g/mol. The van der Waals surface area contributed by atoms with Crippen molar-refractivity contribution in [2.75, 3.05) is 12.4 Å². The molecule has 6 nitrogen and oxygen atoms in total. The van der Waals surface area contributed by atoms with Crippen LogP contribution in [0.4, 0.5) is 5.69 Å². The highest BCUT2D eigenvalue weighted by Gasteiger charge is 2.28. The van der Waals surface area contributed by atoms with Gasteiger partial charge in [0.2, 0.25) is 5.91 Å². The van der Waals surface area contributed by atoms with E-state index in [0.29, 0.717) is 24.5 Å². The van der Waals surface area contributed by atoms with Crippen molar-refractivity contribution >= 4 is 17.5 Å². The third-order valence-corrected chi connectivity index (χ3v) is 5.38. The van der Waals surface area contributed by atoms with Crippen molar-refractivity contribution in [2.24, 2.45) is 0 Å². The van der Waals surface area contributed by atoms with Gasteiger partial charge in [-0.3, -0.25) is 9.59 Å². The molecule has 1 aliphatic rings. The molecule has 0 aromatic heterocycles. The van der Waals surface area contributed by atoms with E-state index in [1.165, 1.54) is 0 Å². The maximum absolute atomic E-state index is 12.9. The molecule has 0 fully saturated rings. The van der Waals surface area contributed by atoms with E-state index in [9.17, 15) is 9.59 Å². The molecular formula is C26H26N2O4. The van der Waals surface area contributed by atoms with Crippen LogP contribution >= 0.6 is 0 Å². The van der Waals surface area contributed by atoms with Crippen molar-refractivity contribution in [1.82, 2.24) is 4.90 Å². The van der Waals surface area contributed by atoms with Crippen LogP contribution in [-0.2, 0) is 29.1 Å². The van der Waals surface area contributed by atoms with Gasteiger partial charge in [-0.05, 0) is 48.4 Å². The predicted octanol–water partition coefficient (Wildman–Crippen LogP) is 4.19. The van der Waals surface area contributed by atoms with Gasteiger partial charge in [0.05, 0.1) is 13.5 Å². The second-order valence-corrected chi connectivity index (χ2v) is 7.84. The zero-order chi connectivity index (χ0) is 22.5. The highest BCUT2D eigenvalue weighted by atomic mass is 16.5. The summed E-state index contributed by atoms with van der Waals surface area (Å²) in [6, 6.07) is 22.8. The third kappa shape index (κ3) is 5.09. The molecule has 164 valence electrons. The Labute approximate surface area is 187 Å². The van der Waals surface area contributed by atoms with Crippen molar-refractivity contribution in [3.05, 3.63) is 89.5 Å². The van der Waals surface area contributed by atoms with E-state index in [1.807, 2.05) is 66.7 Å². The van der Waals surface area contributed by atoms with Gasteiger partial charge in [-0.25, -0.2) is 0 Å². The van der Waals surface area contributed by atoms with Crippen LogP contribution in [0.1, 0.15) is 23.6 Å². The van der Waals surface area contributed by atoms with Crippen LogP contribution in [0.2, 0.25) is 0 Å². The fraction of sp³-hybridized carbons (Fsp3) is 0.231. The molecule has 0 spiro atoms. The number of hydrogen-bond acceptors (Lipinski definition) is 4. The van der Waals surface area contributed by atoms with Crippen LogP contribution in [-0.4, -0.2) is 29.9 Å². The lowest BCUT2D eigenvalue weighted by Gasteiger charge is -2.22. The summed E-state index contributed by atoms with van der Waals surface area (Å²) in [6.07, 6.45) is -0.339. The number of fused-ring (bicyclic) bond motifs is 1. The summed E-state index contributed by atoms with van der Waals surface area (Å²) >= 11 is 0. The number of rotatable bonds is 6. The van der Waals surface area contributed by atoms with E-state index < -0.39 is 6.10 Å². The molecule has 0 bridgehead atoms. The smallest absolute Gasteiger partial charge is 0.263 e. The molecule has 2 amide bonds. The van der Waals surface area contributed by atoms with Crippen LogP contribution in [0, 0.1) is 0 Å². The fourth-order valence-corrected chi connectivity index (χ4v) is 3.79. The first kappa shape index (κ1) is 21.4. The summed E-state index contributed by atoms with van der Waals surface area (Å²) in [5, 5.41) is 2.95. The SMILES string of the molecule is COc1cccc(CC(=O)Nc2ccc3c(c2)CN(Cc2ccccc2)C(=O)[C@@H](C)O3)c1. The molecule has 0 radical (unpaired) electrons. The van der Waals surface area contributed by atoms with Gasteiger partial charge >= 0.3 is 0 Å². The van der Waals surface area contributed by atoms with Crippen molar-refractivity contribution in [2.45, 2.75) is 32.5 Å². The topological polar surface area (TPSA) is 67.9 Å². The van der Waals surface area contributed by atoms with E-state index in [1.54, 1.807) is 25.0 Å². The van der Waals surface area contributed by atoms with E-state index in [0.717, 1.165) is 22.4 Å². The lowest BCUT2D eigenvalue weighted by molar-refractivity contribution is -0.138. The number of carbonyl (C=O) groups excluding carboxylic acids is 2. The fourth-order valence-electron chi connectivity index (χ4n) is 3.79. The number of benzene rings is 3. The first-order valence-corrected chi connectivity index (χ1v) is 10.6. The number of anilines is 1. The summed E-state index contributed by atoms with van der Waals surface area (Å²) < 4.78 is 11.1. The molecule has 3 aromatic carbocycles. The molecule has 3 aromatic rings. The lowest BCUT2D eigenvalue weighted by Crippen LogP contribution is -2.37. The van der Waals surface area contributed by atoms with Gasteiger partial charge in [-0.15, -0.1) is 0 Å². The Bertz CT molecular complexity index is 1110. The minimum atomic E-state index is -0.575. The van der Waals surface area contributed by atoms with E-state index in [4.69, 9.17) is 9.47 Å². The average Bonchev–Trinajstić information content (AvgIpc) is 2.91. The monoisotopic (exact) mass is 430 g/mol. The number of methoxy groups -OCH3 is 1. The predicted molar refractivity (Wildman–Crippen MR) is 123 cm³/mol. The molecule has 1 heterocycles. The van der Waals surface area contributed by atoms with Crippen molar-refractivity contribution in [3.8, 4) is 11.5 Å². The van der Waals surface area contributed by atoms with Crippen LogP contribution in [0.15, 0.2) is 72.8 Å². The second kappa shape index (κ2) is 9.56. The Hall–Kier alpha value is -3.80. The second-order valence-electron chi connectivity index (χ2n) is 7.84. The molecule has 0 saturated heterocycles. The number of ether oxygens (including phenoxy) is 2. The van der Waals surface area contributed by atoms with Gasteiger partial charge in [0.25, 0.3) is 5.91 Å². The molecule has 0 aliphatic carbocycles. The van der Waals surface area contributed by atoms with Gasteiger partial charge in [0, 0.05) is 24.3 Å². The molecule has 1 atom stereocenters.